The molecule has 0 unspecified atom stereocenters. The number of amides is 2. The van der Waals surface area contributed by atoms with Gasteiger partial charge in [-0.25, -0.2) is 14.3 Å². The van der Waals surface area contributed by atoms with Crippen LogP contribution in [0, 0.1) is 0 Å². The third kappa shape index (κ3) is 6.01. The summed E-state index contributed by atoms with van der Waals surface area (Å²) in [6, 6.07) is 15.3. The lowest BCUT2D eigenvalue weighted by molar-refractivity contribution is -0.142. The van der Waals surface area contributed by atoms with Crippen molar-refractivity contribution in [3.63, 3.8) is 0 Å². The Labute approximate surface area is 191 Å². The zero-order valence-electron chi connectivity index (χ0n) is 18.3. The van der Waals surface area contributed by atoms with Gasteiger partial charge in [-0.3, -0.25) is 5.32 Å². The summed E-state index contributed by atoms with van der Waals surface area (Å²) in [6.45, 7) is 5.95. The molecule has 9 heteroatoms. The van der Waals surface area contributed by atoms with E-state index in [2.05, 4.69) is 20.5 Å². The van der Waals surface area contributed by atoms with Gasteiger partial charge in [0.1, 0.15) is 11.6 Å². The number of methoxy groups -OCH3 is 1. The number of carbonyl (C=O) groups excluding carboxylic acids is 2. The standard InChI is InChI=1S/C23H25ClN4O4/c1-23(2,3)19-13-20(26-22(30)25-16-7-5-15(24)6-8-16)28(27-19)17-9-11-18(12-10-17)32-14-21(29)31-4/h5-13H,14H2,1-4H3,(H2,25,26,30). The Balaban J connectivity index is 1.82. The van der Waals surface area contributed by atoms with Gasteiger partial charge in [0.15, 0.2) is 6.61 Å². The predicted molar refractivity (Wildman–Crippen MR) is 124 cm³/mol. The van der Waals surface area contributed by atoms with Gasteiger partial charge in [0.05, 0.1) is 18.5 Å². The molecule has 0 saturated carbocycles. The summed E-state index contributed by atoms with van der Waals surface area (Å²) >= 11 is 5.89. The van der Waals surface area contributed by atoms with E-state index in [-0.39, 0.29) is 12.0 Å². The van der Waals surface area contributed by atoms with E-state index < -0.39 is 12.0 Å². The average Bonchev–Trinajstić information content (AvgIpc) is 3.18. The van der Waals surface area contributed by atoms with Crippen LogP contribution < -0.4 is 15.4 Å². The first kappa shape index (κ1) is 23.1. The summed E-state index contributed by atoms with van der Waals surface area (Å²) in [6.07, 6.45) is 0. The van der Waals surface area contributed by atoms with E-state index in [0.29, 0.717) is 28.0 Å². The van der Waals surface area contributed by atoms with E-state index in [1.165, 1.54) is 7.11 Å². The van der Waals surface area contributed by atoms with Gasteiger partial charge in [0.25, 0.3) is 0 Å². The molecule has 8 nitrogen and oxygen atoms in total. The van der Waals surface area contributed by atoms with Crippen molar-refractivity contribution < 1.29 is 19.1 Å². The number of hydrogen-bond acceptors (Lipinski definition) is 5. The van der Waals surface area contributed by atoms with Gasteiger partial charge in [0, 0.05) is 22.2 Å². The Bertz CT molecular complexity index is 1090. The highest BCUT2D eigenvalue weighted by Gasteiger charge is 2.21. The van der Waals surface area contributed by atoms with Crippen molar-refractivity contribution in [2.45, 2.75) is 26.2 Å². The van der Waals surface area contributed by atoms with Crippen molar-refractivity contribution in [3.8, 4) is 11.4 Å². The number of anilines is 2. The first-order valence-corrected chi connectivity index (χ1v) is 10.3. The lowest BCUT2D eigenvalue weighted by Crippen LogP contribution is -2.21. The lowest BCUT2D eigenvalue weighted by atomic mass is 9.92. The quantitative estimate of drug-likeness (QED) is 0.508. The molecule has 2 amide bonds. The molecule has 3 rings (SSSR count). The normalized spacial score (nSPS) is 11.0. The Hall–Kier alpha value is -3.52. The van der Waals surface area contributed by atoms with Crippen LogP contribution in [0.4, 0.5) is 16.3 Å². The fourth-order valence-electron chi connectivity index (χ4n) is 2.73. The minimum absolute atomic E-state index is 0.177. The second-order valence-electron chi connectivity index (χ2n) is 8.02. The smallest absolute Gasteiger partial charge is 0.343 e. The summed E-state index contributed by atoms with van der Waals surface area (Å²) in [5.41, 5.74) is 1.91. The number of nitrogens with one attached hydrogen (secondary N) is 2. The van der Waals surface area contributed by atoms with Crippen LogP contribution in [0.15, 0.2) is 54.6 Å². The highest BCUT2D eigenvalue weighted by Crippen LogP contribution is 2.27. The monoisotopic (exact) mass is 456 g/mol. The molecule has 0 aliphatic carbocycles. The van der Waals surface area contributed by atoms with Crippen LogP contribution in [0.5, 0.6) is 5.75 Å². The highest BCUT2D eigenvalue weighted by atomic mass is 35.5. The number of ether oxygens (including phenoxy) is 2. The fraction of sp³-hybridized carbons (Fsp3) is 0.261. The minimum atomic E-state index is -0.464. The molecule has 32 heavy (non-hydrogen) atoms. The van der Waals surface area contributed by atoms with Gasteiger partial charge >= 0.3 is 12.0 Å². The minimum Gasteiger partial charge on any atom is -0.482 e. The Morgan fingerprint density at radius 1 is 1.03 bits per heavy atom. The summed E-state index contributed by atoms with van der Waals surface area (Å²) in [7, 11) is 1.30. The van der Waals surface area contributed by atoms with E-state index in [1.807, 2.05) is 26.8 Å². The zero-order valence-corrected chi connectivity index (χ0v) is 19.1. The number of halogens is 1. The summed E-state index contributed by atoms with van der Waals surface area (Å²) in [5, 5.41) is 10.9. The van der Waals surface area contributed by atoms with Crippen molar-refractivity contribution in [1.29, 1.82) is 0 Å². The molecule has 168 valence electrons. The second-order valence-corrected chi connectivity index (χ2v) is 8.46. The number of rotatable bonds is 6. The molecule has 1 aromatic heterocycles. The molecule has 0 atom stereocenters. The maximum Gasteiger partial charge on any atom is 0.343 e. The molecule has 1 heterocycles. The third-order valence-corrected chi connectivity index (χ3v) is 4.74. The van der Waals surface area contributed by atoms with E-state index in [4.69, 9.17) is 16.3 Å². The number of carbonyl (C=O) groups is 2. The molecule has 0 saturated heterocycles. The number of urea groups is 1. The Morgan fingerprint density at radius 2 is 1.69 bits per heavy atom. The fourth-order valence-corrected chi connectivity index (χ4v) is 2.86. The first-order valence-electron chi connectivity index (χ1n) is 9.90. The van der Waals surface area contributed by atoms with Crippen molar-refractivity contribution in [1.82, 2.24) is 9.78 Å². The maximum absolute atomic E-state index is 12.6. The summed E-state index contributed by atoms with van der Waals surface area (Å²) in [4.78, 5) is 23.8. The highest BCUT2D eigenvalue weighted by molar-refractivity contribution is 6.30. The second kappa shape index (κ2) is 9.74. The zero-order chi connectivity index (χ0) is 23.3. The van der Waals surface area contributed by atoms with Crippen LogP contribution >= 0.6 is 11.6 Å². The van der Waals surface area contributed by atoms with Crippen LogP contribution in [0.2, 0.25) is 5.02 Å². The molecular weight excluding hydrogens is 432 g/mol. The van der Waals surface area contributed by atoms with Crippen molar-refractivity contribution in [2.75, 3.05) is 24.4 Å². The lowest BCUT2D eigenvalue weighted by Gasteiger charge is -2.14. The van der Waals surface area contributed by atoms with Gasteiger partial charge in [-0.05, 0) is 48.5 Å². The molecule has 3 aromatic rings. The number of benzene rings is 2. The average molecular weight is 457 g/mol. The number of nitrogens with zero attached hydrogens (tertiary/aromatic N) is 2. The molecular formula is C23H25ClN4O4. The number of esters is 1. The molecule has 0 spiro atoms. The van der Waals surface area contributed by atoms with E-state index >= 15 is 0 Å². The predicted octanol–water partition coefficient (Wildman–Crippen LogP) is 5.02. The van der Waals surface area contributed by atoms with E-state index in [1.54, 1.807) is 53.2 Å². The topological polar surface area (TPSA) is 94.5 Å². The van der Waals surface area contributed by atoms with Crippen LogP contribution in [-0.2, 0) is 14.9 Å². The first-order chi connectivity index (χ1) is 15.2. The van der Waals surface area contributed by atoms with Gasteiger partial charge in [-0.2, -0.15) is 5.10 Å². The van der Waals surface area contributed by atoms with Crippen LogP contribution in [-0.4, -0.2) is 35.5 Å². The summed E-state index contributed by atoms with van der Waals surface area (Å²) < 4.78 is 11.6. The Kier molecular flexibility index (Phi) is 7.05. The molecule has 0 bridgehead atoms. The van der Waals surface area contributed by atoms with Crippen molar-refractivity contribution in [3.05, 3.63) is 65.3 Å². The number of hydrogen-bond donors (Lipinski definition) is 2. The third-order valence-electron chi connectivity index (χ3n) is 4.49. The Morgan fingerprint density at radius 3 is 2.28 bits per heavy atom. The molecule has 0 aliphatic heterocycles. The SMILES string of the molecule is COC(=O)COc1ccc(-n2nc(C(C)(C)C)cc2NC(=O)Nc2ccc(Cl)cc2)cc1. The molecule has 2 aromatic carbocycles. The van der Waals surface area contributed by atoms with Gasteiger partial charge < -0.3 is 14.8 Å². The van der Waals surface area contributed by atoms with Crippen LogP contribution in [0.3, 0.4) is 0 Å². The van der Waals surface area contributed by atoms with Crippen molar-refractivity contribution >= 4 is 35.1 Å². The largest absolute Gasteiger partial charge is 0.482 e. The van der Waals surface area contributed by atoms with Gasteiger partial charge in [0.2, 0.25) is 0 Å². The van der Waals surface area contributed by atoms with Gasteiger partial charge in [-0.15, -0.1) is 0 Å². The molecule has 0 fully saturated rings. The molecule has 0 radical (unpaired) electrons. The summed E-state index contributed by atoms with van der Waals surface area (Å²) in [5.74, 6) is 0.552. The van der Waals surface area contributed by atoms with E-state index in [9.17, 15) is 9.59 Å². The van der Waals surface area contributed by atoms with Crippen molar-refractivity contribution in [2.24, 2.45) is 0 Å². The van der Waals surface area contributed by atoms with Crippen LogP contribution in [0.25, 0.3) is 5.69 Å². The van der Waals surface area contributed by atoms with E-state index in [0.717, 1.165) is 5.69 Å². The molecule has 0 aliphatic rings. The molecule has 2 N–H and O–H groups in total. The number of aromatic nitrogens is 2. The van der Waals surface area contributed by atoms with Gasteiger partial charge in [-0.1, -0.05) is 32.4 Å². The maximum atomic E-state index is 12.6. The van der Waals surface area contributed by atoms with Crippen LogP contribution in [0.1, 0.15) is 26.5 Å².